The van der Waals surface area contributed by atoms with Gasteiger partial charge in [0.25, 0.3) is 0 Å². The Morgan fingerprint density at radius 1 is 1.10 bits per heavy atom. The number of rotatable bonds is 12. The number of amides is 3. The number of hydrogen-bond donors (Lipinski definition) is 2. The van der Waals surface area contributed by atoms with Crippen LogP contribution in [0.2, 0.25) is 0 Å². The fourth-order valence-electron chi connectivity index (χ4n) is 5.77. The number of fused-ring (bicyclic) bond motifs is 1. The van der Waals surface area contributed by atoms with Crippen LogP contribution >= 0.6 is 11.6 Å². The minimum atomic E-state index is -0.770. The zero-order chi connectivity index (χ0) is 30.6. The van der Waals surface area contributed by atoms with Crippen molar-refractivity contribution in [3.63, 3.8) is 0 Å². The molecule has 1 unspecified atom stereocenters. The molecule has 226 valence electrons. The highest BCUT2D eigenvalue weighted by molar-refractivity contribution is 6.21. The first-order chi connectivity index (χ1) is 19.9. The Kier molecular flexibility index (Phi) is 10.1. The standard InChI is InChI=1S/C32H42ClN5O4/c1-21-11-13-24(14-12-21)15-25-31(42)37(27(33)16-23-9-7-6-8-10-23)17-28-36(18-29(40)38(25)28)20-32(3,4)26(19-39)35-30(41)22(2)34-5/h6-14,19,22,25-28,34H,15-18,20H2,1-5H3,(H,35,41)/t22-,25-,26+,27?,28+/m0/s1. The molecule has 42 heavy (non-hydrogen) atoms. The van der Waals surface area contributed by atoms with Gasteiger partial charge in [0.1, 0.15) is 24.0 Å². The van der Waals surface area contributed by atoms with Crippen LogP contribution in [-0.2, 0) is 32.0 Å². The fourth-order valence-corrected chi connectivity index (χ4v) is 6.13. The van der Waals surface area contributed by atoms with Gasteiger partial charge in [-0.15, -0.1) is 0 Å². The summed E-state index contributed by atoms with van der Waals surface area (Å²) in [6, 6.07) is 15.8. The maximum atomic E-state index is 14.0. The van der Waals surface area contributed by atoms with E-state index in [2.05, 4.69) is 10.6 Å². The van der Waals surface area contributed by atoms with Crippen molar-refractivity contribution >= 4 is 35.6 Å². The van der Waals surface area contributed by atoms with Crippen LogP contribution in [0, 0.1) is 12.3 Å². The Labute approximate surface area is 253 Å². The van der Waals surface area contributed by atoms with Crippen LogP contribution < -0.4 is 10.6 Å². The second-order valence-corrected chi connectivity index (χ2v) is 12.6. The van der Waals surface area contributed by atoms with Crippen molar-refractivity contribution in [3.05, 3.63) is 71.3 Å². The smallest absolute Gasteiger partial charge is 0.247 e. The average Bonchev–Trinajstić information content (AvgIpc) is 3.27. The average molecular weight is 596 g/mol. The molecule has 4 rings (SSSR count). The van der Waals surface area contributed by atoms with Gasteiger partial charge < -0.3 is 25.2 Å². The molecular formula is C32H42ClN5O4. The highest BCUT2D eigenvalue weighted by Gasteiger charge is 2.52. The van der Waals surface area contributed by atoms with E-state index in [0.717, 1.165) is 23.0 Å². The summed E-state index contributed by atoms with van der Waals surface area (Å²) >= 11 is 6.94. The molecule has 2 aromatic carbocycles. The molecule has 2 aliphatic rings. The van der Waals surface area contributed by atoms with Gasteiger partial charge in [-0.25, -0.2) is 0 Å². The summed E-state index contributed by atoms with van der Waals surface area (Å²) in [5.74, 6) is -0.581. The molecule has 0 saturated carbocycles. The molecule has 2 heterocycles. The summed E-state index contributed by atoms with van der Waals surface area (Å²) in [4.78, 5) is 57.7. The Bertz CT molecular complexity index is 1270. The summed E-state index contributed by atoms with van der Waals surface area (Å²) < 4.78 is 0. The highest BCUT2D eigenvalue weighted by atomic mass is 35.5. The Balaban J connectivity index is 1.61. The number of aldehydes is 1. The largest absolute Gasteiger partial charge is 0.345 e. The maximum absolute atomic E-state index is 14.0. The van der Waals surface area contributed by atoms with Crippen molar-refractivity contribution in [2.24, 2.45) is 5.41 Å². The molecule has 9 nitrogen and oxygen atoms in total. The molecule has 0 bridgehead atoms. The van der Waals surface area contributed by atoms with E-state index in [0.29, 0.717) is 19.4 Å². The van der Waals surface area contributed by atoms with Gasteiger partial charge in [0.15, 0.2) is 0 Å². The number of nitrogens with zero attached hydrogens (tertiary/aromatic N) is 3. The number of carbonyl (C=O) groups excluding carboxylic acids is 4. The van der Waals surface area contributed by atoms with E-state index in [1.165, 1.54) is 0 Å². The Morgan fingerprint density at radius 2 is 1.76 bits per heavy atom. The first-order valence-electron chi connectivity index (χ1n) is 14.5. The highest BCUT2D eigenvalue weighted by Crippen LogP contribution is 2.33. The molecule has 2 aliphatic heterocycles. The molecule has 3 amide bonds. The number of alkyl halides is 1. The summed E-state index contributed by atoms with van der Waals surface area (Å²) in [6.45, 7) is 8.24. The van der Waals surface area contributed by atoms with E-state index in [-0.39, 0.29) is 30.8 Å². The molecule has 10 heteroatoms. The van der Waals surface area contributed by atoms with E-state index in [1.807, 2.05) is 80.3 Å². The van der Waals surface area contributed by atoms with E-state index in [4.69, 9.17) is 11.6 Å². The van der Waals surface area contributed by atoms with Crippen LogP contribution in [0.5, 0.6) is 0 Å². The molecule has 2 fully saturated rings. The number of hydrogen-bond acceptors (Lipinski definition) is 6. The van der Waals surface area contributed by atoms with Crippen LogP contribution in [0.15, 0.2) is 54.6 Å². The number of benzene rings is 2. The summed E-state index contributed by atoms with van der Waals surface area (Å²) in [7, 11) is 1.68. The zero-order valence-electron chi connectivity index (χ0n) is 25.0. The van der Waals surface area contributed by atoms with Gasteiger partial charge in [0.2, 0.25) is 17.7 Å². The predicted molar refractivity (Wildman–Crippen MR) is 163 cm³/mol. The van der Waals surface area contributed by atoms with Crippen molar-refractivity contribution in [2.45, 2.75) is 70.3 Å². The molecule has 0 spiro atoms. The molecular weight excluding hydrogens is 554 g/mol. The van der Waals surface area contributed by atoms with Gasteiger partial charge in [-0.1, -0.05) is 85.6 Å². The molecule has 0 radical (unpaired) electrons. The van der Waals surface area contributed by atoms with Crippen LogP contribution in [0.1, 0.15) is 37.5 Å². The molecule has 5 atom stereocenters. The fraction of sp³-hybridized carbons (Fsp3) is 0.500. The first-order valence-corrected chi connectivity index (χ1v) is 14.9. The zero-order valence-corrected chi connectivity index (χ0v) is 25.8. The lowest BCUT2D eigenvalue weighted by atomic mass is 9.84. The van der Waals surface area contributed by atoms with Gasteiger partial charge in [-0.2, -0.15) is 0 Å². The molecule has 2 N–H and O–H groups in total. The maximum Gasteiger partial charge on any atom is 0.247 e. The number of carbonyl (C=O) groups is 4. The third-order valence-electron chi connectivity index (χ3n) is 8.48. The minimum Gasteiger partial charge on any atom is -0.345 e. The Morgan fingerprint density at radius 3 is 2.38 bits per heavy atom. The lowest BCUT2D eigenvalue weighted by molar-refractivity contribution is -0.154. The van der Waals surface area contributed by atoms with Crippen molar-refractivity contribution in [1.82, 2.24) is 25.3 Å². The van der Waals surface area contributed by atoms with Crippen LogP contribution in [0.3, 0.4) is 0 Å². The van der Waals surface area contributed by atoms with Crippen molar-refractivity contribution in [3.8, 4) is 0 Å². The number of piperazine rings is 1. The molecule has 2 aromatic rings. The lowest BCUT2D eigenvalue weighted by Crippen LogP contribution is -2.66. The van der Waals surface area contributed by atoms with Gasteiger partial charge in [-0.3, -0.25) is 19.3 Å². The first kappa shape index (κ1) is 31.7. The second kappa shape index (κ2) is 13.4. The Hall–Kier alpha value is -3.27. The van der Waals surface area contributed by atoms with Gasteiger partial charge in [-0.05, 0) is 32.0 Å². The van der Waals surface area contributed by atoms with Crippen molar-refractivity contribution in [1.29, 1.82) is 0 Å². The monoisotopic (exact) mass is 595 g/mol. The molecule has 2 saturated heterocycles. The third-order valence-corrected chi connectivity index (χ3v) is 8.87. The van der Waals surface area contributed by atoms with Crippen molar-refractivity contribution < 1.29 is 19.2 Å². The minimum absolute atomic E-state index is 0.109. The summed E-state index contributed by atoms with van der Waals surface area (Å²) in [6.07, 6.45) is 1.18. The van der Waals surface area contributed by atoms with E-state index < -0.39 is 35.2 Å². The SMILES string of the molecule is CN[C@@H](C)C(=O)N[C@H](C=O)C(C)(C)CN1CC(=O)N2[C@@H]1CN(C(Cl)Cc1ccccc1)C(=O)[C@@H]2Cc1ccc(C)cc1. The van der Waals surface area contributed by atoms with Crippen LogP contribution in [0.4, 0.5) is 0 Å². The number of aryl methyl sites for hydroxylation is 1. The normalized spacial score (nSPS) is 21.6. The number of halogens is 1. The van der Waals surface area contributed by atoms with E-state index in [1.54, 1.807) is 23.8 Å². The topological polar surface area (TPSA) is 102 Å². The number of nitrogens with one attached hydrogen (secondary N) is 2. The quantitative estimate of drug-likeness (QED) is 0.222. The number of likely N-dealkylation sites (N-methyl/N-ethyl adjacent to an activating group) is 1. The van der Waals surface area contributed by atoms with Gasteiger partial charge >= 0.3 is 0 Å². The second-order valence-electron chi connectivity index (χ2n) is 12.1. The van der Waals surface area contributed by atoms with Gasteiger partial charge in [0.05, 0.1) is 25.2 Å². The summed E-state index contributed by atoms with van der Waals surface area (Å²) in [5, 5.41) is 5.73. The molecule has 0 aliphatic carbocycles. The van der Waals surface area contributed by atoms with Crippen LogP contribution in [0.25, 0.3) is 0 Å². The molecule has 0 aromatic heterocycles. The van der Waals surface area contributed by atoms with E-state index >= 15 is 0 Å². The predicted octanol–water partition coefficient (Wildman–Crippen LogP) is 2.34. The summed E-state index contributed by atoms with van der Waals surface area (Å²) in [5.41, 5.74) is 1.79. The third kappa shape index (κ3) is 7.02. The van der Waals surface area contributed by atoms with E-state index in [9.17, 15) is 19.2 Å². The van der Waals surface area contributed by atoms with Crippen molar-refractivity contribution in [2.75, 3.05) is 26.7 Å². The van der Waals surface area contributed by atoms with Crippen LogP contribution in [-0.4, -0.2) is 95.2 Å². The van der Waals surface area contributed by atoms with Gasteiger partial charge in [0, 0.05) is 24.8 Å². The lowest BCUT2D eigenvalue weighted by Gasteiger charge is -2.47.